The molecule has 180 valence electrons. The summed E-state index contributed by atoms with van der Waals surface area (Å²) in [6, 6.07) is 14.4. The molecule has 0 aliphatic heterocycles. The Kier molecular flexibility index (Phi) is 6.83. The normalized spacial score (nSPS) is 11.7. The molecule has 4 aromatic rings. The average molecular weight is 468 g/mol. The van der Waals surface area contributed by atoms with E-state index in [1.165, 1.54) is 11.1 Å². The third kappa shape index (κ3) is 4.74. The van der Waals surface area contributed by atoms with Crippen LogP contribution in [-0.4, -0.2) is 12.5 Å². The number of benzene rings is 3. The molecule has 4 nitrogen and oxygen atoms in total. The fourth-order valence-electron chi connectivity index (χ4n) is 4.59. The Hall–Kier alpha value is -3.79. The standard InChI is InChI=1S/C31H33NO3/c1-8-34-30-23(7)31-26(27(17-35-31)24-13-12-18(2)14-20(24)4)16-25(30)21(5)15-29(33)32-28-11-9-10-19(3)22(28)6/h9-17H,8H2,1-7H3,(H,32,33)/b21-15+. The van der Waals surface area contributed by atoms with E-state index in [-0.39, 0.29) is 5.91 Å². The maximum atomic E-state index is 12.9. The largest absolute Gasteiger partial charge is 0.493 e. The molecule has 3 aromatic carbocycles. The van der Waals surface area contributed by atoms with Crippen molar-refractivity contribution in [3.8, 4) is 16.9 Å². The van der Waals surface area contributed by atoms with Crippen LogP contribution in [-0.2, 0) is 4.79 Å². The van der Waals surface area contributed by atoms with Gasteiger partial charge in [-0.15, -0.1) is 0 Å². The third-order valence-electron chi connectivity index (χ3n) is 6.64. The van der Waals surface area contributed by atoms with E-state index in [0.29, 0.717) is 6.61 Å². The summed E-state index contributed by atoms with van der Waals surface area (Å²) in [4.78, 5) is 12.9. The molecule has 0 saturated heterocycles. The summed E-state index contributed by atoms with van der Waals surface area (Å²) in [7, 11) is 0. The third-order valence-corrected chi connectivity index (χ3v) is 6.64. The Bertz CT molecular complexity index is 1460. The van der Waals surface area contributed by atoms with E-state index in [2.05, 4.69) is 43.4 Å². The molecule has 0 aliphatic rings. The van der Waals surface area contributed by atoms with Crippen LogP contribution in [0.25, 0.3) is 27.7 Å². The SMILES string of the molecule is CCOc1c(/C(C)=C/C(=O)Nc2cccc(C)c2C)cc2c(-c3ccc(C)cc3C)coc2c1C. The first-order valence-electron chi connectivity index (χ1n) is 12.0. The van der Waals surface area contributed by atoms with Crippen LogP contribution < -0.4 is 10.1 Å². The van der Waals surface area contributed by atoms with Gasteiger partial charge in [-0.1, -0.05) is 35.9 Å². The molecule has 0 spiro atoms. The van der Waals surface area contributed by atoms with Gasteiger partial charge in [-0.2, -0.15) is 0 Å². The summed E-state index contributed by atoms with van der Waals surface area (Å²) in [6.45, 7) is 14.7. The molecule has 4 rings (SSSR count). The van der Waals surface area contributed by atoms with E-state index in [1.807, 2.05) is 59.1 Å². The van der Waals surface area contributed by atoms with Crippen LogP contribution in [0.15, 0.2) is 59.2 Å². The number of rotatable bonds is 6. The molecular weight excluding hydrogens is 434 g/mol. The molecule has 1 heterocycles. The van der Waals surface area contributed by atoms with Gasteiger partial charge >= 0.3 is 0 Å². The van der Waals surface area contributed by atoms with Crippen molar-refractivity contribution in [2.45, 2.75) is 48.5 Å². The number of hydrogen-bond donors (Lipinski definition) is 1. The Morgan fingerprint density at radius 1 is 0.971 bits per heavy atom. The minimum Gasteiger partial charge on any atom is -0.493 e. The second kappa shape index (κ2) is 9.83. The van der Waals surface area contributed by atoms with E-state index in [1.54, 1.807) is 6.08 Å². The fraction of sp³-hybridized carbons (Fsp3) is 0.258. The lowest BCUT2D eigenvalue weighted by Gasteiger charge is -2.15. The van der Waals surface area contributed by atoms with Crippen molar-refractivity contribution in [1.29, 1.82) is 0 Å². The van der Waals surface area contributed by atoms with Crippen molar-refractivity contribution < 1.29 is 13.9 Å². The molecule has 35 heavy (non-hydrogen) atoms. The minimum absolute atomic E-state index is 0.168. The zero-order valence-corrected chi connectivity index (χ0v) is 21.6. The van der Waals surface area contributed by atoms with Crippen molar-refractivity contribution in [3.63, 3.8) is 0 Å². The zero-order chi connectivity index (χ0) is 25.3. The molecule has 1 N–H and O–H groups in total. The highest BCUT2D eigenvalue weighted by molar-refractivity contribution is 6.06. The van der Waals surface area contributed by atoms with Gasteiger partial charge in [0.2, 0.25) is 5.91 Å². The van der Waals surface area contributed by atoms with Crippen molar-refractivity contribution >= 4 is 28.1 Å². The van der Waals surface area contributed by atoms with E-state index in [9.17, 15) is 4.79 Å². The lowest BCUT2D eigenvalue weighted by atomic mass is 9.94. The molecule has 0 unspecified atom stereocenters. The predicted octanol–water partition coefficient (Wildman–Crippen LogP) is 8.08. The number of ether oxygens (including phenoxy) is 1. The van der Waals surface area contributed by atoms with Crippen LogP contribution >= 0.6 is 0 Å². The number of carbonyl (C=O) groups is 1. The average Bonchev–Trinajstić information content (AvgIpc) is 3.22. The van der Waals surface area contributed by atoms with Gasteiger partial charge in [0, 0.05) is 33.8 Å². The van der Waals surface area contributed by atoms with Gasteiger partial charge in [0.15, 0.2) is 0 Å². The smallest absolute Gasteiger partial charge is 0.248 e. The van der Waals surface area contributed by atoms with Crippen molar-refractivity contribution in [2.24, 2.45) is 0 Å². The number of fused-ring (bicyclic) bond motifs is 1. The second-order valence-corrected chi connectivity index (χ2v) is 9.22. The van der Waals surface area contributed by atoms with Gasteiger partial charge in [0.1, 0.15) is 11.3 Å². The van der Waals surface area contributed by atoms with Gasteiger partial charge in [0.05, 0.1) is 12.9 Å². The summed E-state index contributed by atoms with van der Waals surface area (Å²) < 4.78 is 12.1. The number of allylic oxidation sites excluding steroid dienone is 1. The van der Waals surface area contributed by atoms with Crippen molar-refractivity contribution in [3.05, 3.63) is 88.2 Å². The summed E-state index contributed by atoms with van der Waals surface area (Å²) >= 11 is 0. The van der Waals surface area contributed by atoms with Crippen LogP contribution in [0.2, 0.25) is 0 Å². The van der Waals surface area contributed by atoms with E-state index in [4.69, 9.17) is 9.15 Å². The topological polar surface area (TPSA) is 51.5 Å². The molecule has 0 saturated carbocycles. The Morgan fingerprint density at radius 2 is 1.74 bits per heavy atom. The van der Waals surface area contributed by atoms with E-state index in [0.717, 1.165) is 61.4 Å². The Balaban J connectivity index is 1.81. The highest BCUT2D eigenvalue weighted by atomic mass is 16.5. The number of furan rings is 1. The Morgan fingerprint density at radius 3 is 2.46 bits per heavy atom. The van der Waals surface area contributed by atoms with E-state index >= 15 is 0 Å². The van der Waals surface area contributed by atoms with Crippen molar-refractivity contribution in [2.75, 3.05) is 11.9 Å². The summed E-state index contributed by atoms with van der Waals surface area (Å²) in [5.41, 5.74) is 11.1. The molecule has 0 bridgehead atoms. The monoisotopic (exact) mass is 467 g/mol. The maximum absolute atomic E-state index is 12.9. The molecule has 0 fully saturated rings. The molecule has 0 atom stereocenters. The summed E-state index contributed by atoms with van der Waals surface area (Å²) in [5, 5.41) is 4.04. The first-order valence-corrected chi connectivity index (χ1v) is 12.0. The summed E-state index contributed by atoms with van der Waals surface area (Å²) in [6.07, 6.45) is 3.46. The lowest BCUT2D eigenvalue weighted by Crippen LogP contribution is -2.10. The van der Waals surface area contributed by atoms with Crippen LogP contribution in [0.1, 0.15) is 47.2 Å². The molecule has 0 aliphatic carbocycles. The minimum atomic E-state index is -0.168. The molecule has 0 radical (unpaired) electrons. The highest BCUT2D eigenvalue weighted by Gasteiger charge is 2.20. The first kappa shape index (κ1) is 24.3. The molecule has 1 aromatic heterocycles. The predicted molar refractivity (Wildman–Crippen MR) is 145 cm³/mol. The van der Waals surface area contributed by atoms with Crippen LogP contribution in [0.5, 0.6) is 5.75 Å². The van der Waals surface area contributed by atoms with Gasteiger partial charge in [-0.25, -0.2) is 0 Å². The number of aryl methyl sites for hydroxylation is 4. The van der Waals surface area contributed by atoms with Gasteiger partial charge < -0.3 is 14.5 Å². The summed E-state index contributed by atoms with van der Waals surface area (Å²) in [5.74, 6) is 0.577. The van der Waals surface area contributed by atoms with E-state index < -0.39 is 0 Å². The molecule has 1 amide bonds. The lowest BCUT2D eigenvalue weighted by molar-refractivity contribution is -0.111. The molecular formula is C31H33NO3. The van der Waals surface area contributed by atoms with Crippen molar-refractivity contribution in [1.82, 2.24) is 0 Å². The van der Waals surface area contributed by atoms with Crippen LogP contribution in [0.3, 0.4) is 0 Å². The Labute approximate surface area is 207 Å². The number of anilines is 1. The second-order valence-electron chi connectivity index (χ2n) is 9.22. The van der Waals surface area contributed by atoms with Gasteiger partial charge in [-0.05, 0) is 88.4 Å². The number of nitrogens with one attached hydrogen (secondary N) is 1. The number of amides is 1. The van der Waals surface area contributed by atoms with Gasteiger partial charge in [0.25, 0.3) is 0 Å². The van der Waals surface area contributed by atoms with Crippen LogP contribution in [0.4, 0.5) is 5.69 Å². The highest BCUT2D eigenvalue weighted by Crippen LogP contribution is 2.41. The first-order chi connectivity index (χ1) is 16.7. The maximum Gasteiger partial charge on any atom is 0.248 e. The molecule has 4 heteroatoms. The number of hydrogen-bond acceptors (Lipinski definition) is 3. The fourth-order valence-corrected chi connectivity index (χ4v) is 4.59. The number of carbonyl (C=O) groups excluding carboxylic acids is 1. The van der Waals surface area contributed by atoms with Crippen LogP contribution in [0, 0.1) is 34.6 Å². The van der Waals surface area contributed by atoms with Gasteiger partial charge in [-0.3, -0.25) is 4.79 Å². The zero-order valence-electron chi connectivity index (χ0n) is 21.6. The quantitative estimate of drug-likeness (QED) is 0.292.